The molecule has 2 amide bonds. The van der Waals surface area contributed by atoms with Crippen molar-refractivity contribution in [3.63, 3.8) is 0 Å². The number of hydrogen-bond donors (Lipinski definition) is 1. The number of rotatable bonds is 11. The molecule has 39 heavy (non-hydrogen) atoms. The van der Waals surface area contributed by atoms with Crippen LogP contribution in [0.1, 0.15) is 31.4 Å². The van der Waals surface area contributed by atoms with Gasteiger partial charge in [-0.2, -0.15) is 0 Å². The van der Waals surface area contributed by atoms with Gasteiger partial charge in [0.25, 0.3) is 10.0 Å². The molecule has 11 heteroatoms. The Bertz CT molecular complexity index is 1400. The zero-order valence-electron chi connectivity index (χ0n) is 21.8. The lowest BCUT2D eigenvalue weighted by atomic mass is 10.1. The number of sulfonamides is 1. The van der Waals surface area contributed by atoms with Crippen LogP contribution in [-0.4, -0.2) is 44.3 Å². The maximum atomic E-state index is 13.9. The highest BCUT2D eigenvalue weighted by molar-refractivity contribution is 9.10. The minimum Gasteiger partial charge on any atom is -0.354 e. The van der Waals surface area contributed by atoms with Crippen molar-refractivity contribution in [1.82, 2.24) is 10.2 Å². The topological polar surface area (TPSA) is 86.8 Å². The van der Waals surface area contributed by atoms with Crippen LogP contribution in [0.5, 0.6) is 0 Å². The molecule has 3 aromatic carbocycles. The van der Waals surface area contributed by atoms with E-state index >= 15 is 0 Å². The van der Waals surface area contributed by atoms with Crippen LogP contribution in [0.4, 0.5) is 5.69 Å². The van der Waals surface area contributed by atoms with Crippen LogP contribution in [0.15, 0.2) is 76.1 Å². The van der Waals surface area contributed by atoms with Gasteiger partial charge < -0.3 is 10.2 Å². The maximum absolute atomic E-state index is 13.9. The lowest BCUT2D eigenvalue weighted by Gasteiger charge is -2.32. The third-order valence-electron chi connectivity index (χ3n) is 6.01. The summed E-state index contributed by atoms with van der Waals surface area (Å²) in [7, 11) is -4.21. The molecule has 0 bridgehead atoms. The van der Waals surface area contributed by atoms with Gasteiger partial charge in [-0.15, -0.1) is 0 Å². The number of hydrogen-bond acceptors (Lipinski definition) is 4. The van der Waals surface area contributed by atoms with Gasteiger partial charge >= 0.3 is 0 Å². The molecule has 0 spiro atoms. The molecule has 3 aromatic rings. The monoisotopic (exact) mass is 653 g/mol. The molecule has 0 radical (unpaired) electrons. The molecule has 208 valence electrons. The van der Waals surface area contributed by atoms with Gasteiger partial charge in [-0.1, -0.05) is 75.9 Å². The number of anilines is 1. The van der Waals surface area contributed by atoms with Crippen LogP contribution in [0.25, 0.3) is 0 Å². The molecule has 1 atom stereocenters. The van der Waals surface area contributed by atoms with Crippen molar-refractivity contribution in [2.45, 2.75) is 44.7 Å². The zero-order valence-corrected chi connectivity index (χ0v) is 25.7. The van der Waals surface area contributed by atoms with E-state index in [2.05, 4.69) is 21.2 Å². The Morgan fingerprint density at radius 2 is 1.56 bits per heavy atom. The number of nitrogens with zero attached hydrogens (tertiary/aromatic N) is 2. The Morgan fingerprint density at radius 3 is 2.13 bits per heavy atom. The number of nitrogens with one attached hydrogen (secondary N) is 1. The summed E-state index contributed by atoms with van der Waals surface area (Å²) in [4.78, 5) is 28.2. The van der Waals surface area contributed by atoms with Crippen LogP contribution in [0.2, 0.25) is 10.0 Å². The number of benzene rings is 3. The number of aryl methyl sites for hydroxylation is 1. The molecule has 0 unspecified atom stereocenters. The first-order valence-corrected chi connectivity index (χ1v) is 15.3. The highest BCUT2D eigenvalue weighted by atomic mass is 79.9. The molecule has 1 N–H and O–H groups in total. The van der Waals surface area contributed by atoms with Crippen molar-refractivity contribution in [2.75, 3.05) is 17.4 Å². The van der Waals surface area contributed by atoms with Crippen molar-refractivity contribution in [1.29, 1.82) is 0 Å². The van der Waals surface area contributed by atoms with E-state index in [0.717, 1.165) is 26.3 Å². The lowest BCUT2D eigenvalue weighted by Crippen LogP contribution is -2.51. The molecule has 0 saturated carbocycles. The largest absolute Gasteiger partial charge is 0.354 e. The van der Waals surface area contributed by atoms with Gasteiger partial charge in [-0.3, -0.25) is 13.9 Å². The van der Waals surface area contributed by atoms with Gasteiger partial charge in [-0.25, -0.2) is 8.42 Å². The summed E-state index contributed by atoms with van der Waals surface area (Å²) in [5.41, 5.74) is 1.79. The first-order chi connectivity index (χ1) is 18.4. The molecule has 0 heterocycles. The second-order valence-electron chi connectivity index (χ2n) is 9.07. The van der Waals surface area contributed by atoms with Gasteiger partial charge in [0.15, 0.2) is 0 Å². The van der Waals surface area contributed by atoms with E-state index in [1.807, 2.05) is 38.1 Å². The first kappa shape index (κ1) is 30.9. The Labute approximate surface area is 248 Å². The molecule has 0 saturated heterocycles. The molecule has 0 aromatic heterocycles. The predicted octanol–water partition coefficient (Wildman–Crippen LogP) is 6.20. The van der Waals surface area contributed by atoms with Crippen molar-refractivity contribution < 1.29 is 18.0 Å². The summed E-state index contributed by atoms with van der Waals surface area (Å²) in [5, 5.41) is 3.25. The Balaban J connectivity index is 2.04. The molecule has 3 rings (SSSR count). The van der Waals surface area contributed by atoms with Crippen LogP contribution < -0.4 is 9.62 Å². The van der Waals surface area contributed by atoms with Crippen molar-refractivity contribution >= 4 is 66.7 Å². The summed E-state index contributed by atoms with van der Waals surface area (Å²) in [6, 6.07) is 17.1. The molecular formula is C28H30BrCl2N3O4S. The van der Waals surface area contributed by atoms with E-state index in [1.165, 1.54) is 35.2 Å². The van der Waals surface area contributed by atoms with E-state index in [4.69, 9.17) is 23.2 Å². The number of carbonyl (C=O) groups is 2. The minimum atomic E-state index is -4.21. The minimum absolute atomic E-state index is 0.00481. The predicted molar refractivity (Wildman–Crippen MR) is 160 cm³/mol. The van der Waals surface area contributed by atoms with E-state index in [0.29, 0.717) is 6.54 Å². The van der Waals surface area contributed by atoms with Crippen LogP contribution in [-0.2, 0) is 26.2 Å². The Kier molecular flexibility index (Phi) is 10.8. The quantitative estimate of drug-likeness (QED) is 0.267. The summed E-state index contributed by atoms with van der Waals surface area (Å²) < 4.78 is 29.5. The molecule has 0 fully saturated rings. The van der Waals surface area contributed by atoms with E-state index in [1.54, 1.807) is 19.1 Å². The fourth-order valence-corrected chi connectivity index (χ4v) is 5.99. The maximum Gasteiger partial charge on any atom is 0.264 e. The summed E-state index contributed by atoms with van der Waals surface area (Å²) in [6.07, 6.45) is 0.733. The van der Waals surface area contributed by atoms with Gasteiger partial charge in [0.1, 0.15) is 12.6 Å². The van der Waals surface area contributed by atoms with Gasteiger partial charge in [0, 0.05) is 27.6 Å². The standard InChI is InChI=1S/C28H30BrCl2N3O4S/c1-4-13-32-28(36)20(3)33(17-21-7-9-22(29)10-8-21)27(35)18-34(25-15-23(30)14-24(31)16-25)39(37,38)26-11-5-19(2)6-12-26/h5-12,14-16,20H,4,13,17-18H2,1-3H3,(H,32,36)/t20-/m1/s1. The van der Waals surface area contributed by atoms with Crippen LogP contribution >= 0.6 is 39.1 Å². The van der Waals surface area contributed by atoms with E-state index < -0.39 is 28.5 Å². The van der Waals surface area contributed by atoms with E-state index in [-0.39, 0.29) is 33.1 Å². The second kappa shape index (κ2) is 13.7. The molecule has 7 nitrogen and oxygen atoms in total. The molecule has 0 aliphatic rings. The first-order valence-electron chi connectivity index (χ1n) is 12.3. The number of halogens is 3. The van der Waals surface area contributed by atoms with Gasteiger partial charge in [0.2, 0.25) is 11.8 Å². The Hall–Kier alpha value is -2.59. The van der Waals surface area contributed by atoms with Crippen molar-refractivity contribution in [2.24, 2.45) is 0 Å². The summed E-state index contributed by atoms with van der Waals surface area (Å²) in [6.45, 7) is 5.38. The lowest BCUT2D eigenvalue weighted by molar-refractivity contribution is -0.139. The van der Waals surface area contributed by atoms with Gasteiger partial charge in [0.05, 0.1) is 10.6 Å². The van der Waals surface area contributed by atoms with Crippen LogP contribution in [0, 0.1) is 6.92 Å². The second-order valence-corrected chi connectivity index (χ2v) is 12.7. The fraction of sp³-hybridized carbons (Fsp3) is 0.286. The number of carbonyl (C=O) groups excluding carboxylic acids is 2. The molecule has 0 aliphatic carbocycles. The van der Waals surface area contributed by atoms with Crippen molar-refractivity contribution in [3.8, 4) is 0 Å². The summed E-state index contributed by atoms with van der Waals surface area (Å²) in [5.74, 6) is -0.898. The highest BCUT2D eigenvalue weighted by Crippen LogP contribution is 2.30. The average molecular weight is 655 g/mol. The molecule has 0 aliphatic heterocycles. The van der Waals surface area contributed by atoms with Crippen LogP contribution in [0.3, 0.4) is 0 Å². The van der Waals surface area contributed by atoms with E-state index in [9.17, 15) is 18.0 Å². The highest BCUT2D eigenvalue weighted by Gasteiger charge is 2.32. The average Bonchev–Trinajstić information content (AvgIpc) is 2.89. The van der Waals surface area contributed by atoms with Gasteiger partial charge in [-0.05, 0) is 68.3 Å². The fourth-order valence-electron chi connectivity index (χ4n) is 3.81. The molecular weight excluding hydrogens is 625 g/mol. The Morgan fingerprint density at radius 1 is 0.974 bits per heavy atom. The van der Waals surface area contributed by atoms with Crippen molar-refractivity contribution in [3.05, 3.63) is 92.4 Å². The summed E-state index contributed by atoms with van der Waals surface area (Å²) >= 11 is 15.8. The number of amides is 2. The third-order valence-corrected chi connectivity index (χ3v) is 8.76. The normalized spacial score (nSPS) is 12.1. The smallest absolute Gasteiger partial charge is 0.264 e. The zero-order chi connectivity index (χ0) is 28.7. The third kappa shape index (κ3) is 8.20. The SMILES string of the molecule is CCCNC(=O)[C@@H](C)N(Cc1ccc(Br)cc1)C(=O)CN(c1cc(Cl)cc(Cl)c1)S(=O)(=O)c1ccc(C)cc1.